The quantitative estimate of drug-likeness (QED) is 0.165. The Balaban J connectivity index is 0.00000363. The summed E-state index contributed by atoms with van der Waals surface area (Å²) in [6.07, 6.45) is 3.46. The van der Waals surface area contributed by atoms with E-state index in [0.29, 0.717) is 19.1 Å². The van der Waals surface area contributed by atoms with E-state index in [1.165, 1.54) is 0 Å². The maximum absolute atomic E-state index is 10.7. The number of rotatable bonds is 9. The van der Waals surface area contributed by atoms with Crippen molar-refractivity contribution in [2.75, 3.05) is 26.2 Å². The van der Waals surface area contributed by atoms with E-state index in [-0.39, 0.29) is 30.5 Å². The van der Waals surface area contributed by atoms with Gasteiger partial charge in [-0.1, -0.05) is 48.5 Å². The summed E-state index contributed by atoms with van der Waals surface area (Å²) in [4.78, 5) is 4.53. The number of benzene rings is 2. The van der Waals surface area contributed by atoms with Crippen LogP contribution in [0.2, 0.25) is 0 Å². The topological polar surface area (TPSA) is 83.7 Å². The number of aryl methyl sites for hydroxylation is 1. The molecule has 0 aliphatic carbocycles. The highest BCUT2D eigenvalue weighted by molar-refractivity contribution is 14.0. The zero-order chi connectivity index (χ0) is 22.1. The predicted molar refractivity (Wildman–Crippen MR) is 140 cm³/mol. The SMILES string of the molecule is CCNC(=NCC(C)(O)c1cnn(C)c1)NCCOc1ccccc1-c1ccccc1.I. The van der Waals surface area contributed by atoms with Crippen LogP contribution in [0.5, 0.6) is 5.75 Å². The van der Waals surface area contributed by atoms with E-state index in [4.69, 9.17) is 4.74 Å². The van der Waals surface area contributed by atoms with Crippen LogP contribution in [0, 0.1) is 0 Å². The van der Waals surface area contributed by atoms with E-state index in [1.54, 1.807) is 24.0 Å². The van der Waals surface area contributed by atoms with Crippen molar-refractivity contribution >= 4 is 29.9 Å². The van der Waals surface area contributed by atoms with Crippen LogP contribution in [0.15, 0.2) is 72.0 Å². The van der Waals surface area contributed by atoms with Gasteiger partial charge in [0.2, 0.25) is 0 Å². The van der Waals surface area contributed by atoms with Crippen LogP contribution in [0.25, 0.3) is 11.1 Å². The first-order valence-electron chi connectivity index (χ1n) is 10.5. The first-order chi connectivity index (χ1) is 15.0. The fourth-order valence-corrected chi connectivity index (χ4v) is 3.14. The summed E-state index contributed by atoms with van der Waals surface area (Å²) in [5.74, 6) is 1.48. The van der Waals surface area contributed by atoms with Crippen LogP contribution in [0.4, 0.5) is 0 Å². The van der Waals surface area contributed by atoms with Gasteiger partial charge in [0.05, 0.1) is 19.3 Å². The Labute approximate surface area is 206 Å². The van der Waals surface area contributed by atoms with E-state index in [1.807, 2.05) is 50.4 Å². The molecule has 3 N–H and O–H groups in total. The Bertz CT molecular complexity index is 989. The van der Waals surface area contributed by atoms with Gasteiger partial charge in [0, 0.05) is 30.9 Å². The number of nitrogens with zero attached hydrogens (tertiary/aromatic N) is 3. The number of hydrogen-bond donors (Lipinski definition) is 3. The number of aliphatic imine (C=N–C) groups is 1. The third kappa shape index (κ3) is 7.23. The van der Waals surface area contributed by atoms with Gasteiger partial charge in [-0.25, -0.2) is 4.99 Å². The third-order valence-electron chi connectivity index (χ3n) is 4.84. The van der Waals surface area contributed by atoms with Crippen LogP contribution >= 0.6 is 24.0 Å². The second-order valence-corrected chi connectivity index (χ2v) is 7.51. The van der Waals surface area contributed by atoms with Crippen molar-refractivity contribution in [2.45, 2.75) is 19.4 Å². The molecule has 172 valence electrons. The molecule has 0 spiro atoms. The molecule has 1 aromatic heterocycles. The molecular formula is C24H32IN5O2. The number of halogens is 1. The molecule has 1 atom stereocenters. The van der Waals surface area contributed by atoms with Crippen LogP contribution in [0.3, 0.4) is 0 Å². The molecule has 3 aromatic rings. The minimum Gasteiger partial charge on any atom is -0.491 e. The highest BCUT2D eigenvalue weighted by atomic mass is 127. The Morgan fingerprint density at radius 2 is 1.84 bits per heavy atom. The molecular weight excluding hydrogens is 517 g/mol. The Kier molecular flexibility index (Phi) is 9.98. The van der Waals surface area contributed by atoms with Crippen molar-refractivity contribution in [1.29, 1.82) is 0 Å². The van der Waals surface area contributed by atoms with Crippen molar-refractivity contribution in [3.05, 3.63) is 72.6 Å². The summed E-state index contributed by atoms with van der Waals surface area (Å²) in [6.45, 7) is 5.73. The fraction of sp³-hybridized carbons (Fsp3) is 0.333. The summed E-state index contributed by atoms with van der Waals surface area (Å²) in [7, 11) is 1.82. The fourth-order valence-electron chi connectivity index (χ4n) is 3.14. The van der Waals surface area contributed by atoms with E-state index in [2.05, 4.69) is 38.9 Å². The molecule has 0 saturated heterocycles. The van der Waals surface area contributed by atoms with Crippen LogP contribution in [0.1, 0.15) is 19.4 Å². The lowest BCUT2D eigenvalue weighted by molar-refractivity contribution is 0.0672. The molecule has 0 amide bonds. The van der Waals surface area contributed by atoms with Gasteiger partial charge in [0.1, 0.15) is 18.0 Å². The zero-order valence-electron chi connectivity index (χ0n) is 18.8. The minimum absolute atomic E-state index is 0. The maximum Gasteiger partial charge on any atom is 0.191 e. The number of hydrogen-bond acceptors (Lipinski definition) is 4. The Morgan fingerprint density at radius 3 is 2.53 bits per heavy atom. The van der Waals surface area contributed by atoms with Gasteiger partial charge >= 0.3 is 0 Å². The molecule has 1 unspecified atom stereocenters. The van der Waals surface area contributed by atoms with Crippen molar-refractivity contribution in [3.63, 3.8) is 0 Å². The molecule has 8 heteroatoms. The monoisotopic (exact) mass is 549 g/mol. The van der Waals surface area contributed by atoms with Crippen LogP contribution < -0.4 is 15.4 Å². The summed E-state index contributed by atoms with van der Waals surface area (Å²) >= 11 is 0. The number of aromatic nitrogens is 2. The van der Waals surface area contributed by atoms with Gasteiger partial charge in [0.15, 0.2) is 5.96 Å². The van der Waals surface area contributed by atoms with E-state index in [0.717, 1.165) is 29.0 Å². The minimum atomic E-state index is -1.10. The van der Waals surface area contributed by atoms with Crippen LogP contribution in [-0.4, -0.2) is 47.1 Å². The van der Waals surface area contributed by atoms with Gasteiger partial charge in [-0.05, 0) is 25.5 Å². The lowest BCUT2D eigenvalue weighted by atomic mass is 10.0. The summed E-state index contributed by atoms with van der Waals surface area (Å²) in [6, 6.07) is 18.2. The smallest absolute Gasteiger partial charge is 0.191 e. The second-order valence-electron chi connectivity index (χ2n) is 7.51. The normalized spacial score (nSPS) is 13.1. The third-order valence-corrected chi connectivity index (χ3v) is 4.84. The number of guanidine groups is 1. The lowest BCUT2D eigenvalue weighted by Gasteiger charge is -2.20. The average Bonchev–Trinajstić information content (AvgIpc) is 3.23. The van der Waals surface area contributed by atoms with Gasteiger partial charge in [0.25, 0.3) is 0 Å². The van der Waals surface area contributed by atoms with E-state index in [9.17, 15) is 5.11 Å². The first-order valence-corrected chi connectivity index (χ1v) is 10.5. The maximum atomic E-state index is 10.7. The van der Waals surface area contributed by atoms with Crippen molar-refractivity contribution in [2.24, 2.45) is 12.0 Å². The van der Waals surface area contributed by atoms with Gasteiger partial charge in [-0.3, -0.25) is 4.68 Å². The Hall–Kier alpha value is -2.59. The lowest BCUT2D eigenvalue weighted by Crippen LogP contribution is -2.40. The van der Waals surface area contributed by atoms with E-state index >= 15 is 0 Å². The highest BCUT2D eigenvalue weighted by Gasteiger charge is 2.24. The Morgan fingerprint density at radius 1 is 1.12 bits per heavy atom. The summed E-state index contributed by atoms with van der Waals surface area (Å²) in [5.41, 5.74) is 1.83. The molecule has 0 saturated carbocycles. The molecule has 2 aromatic carbocycles. The number of ether oxygens (including phenoxy) is 1. The van der Waals surface area contributed by atoms with Crippen LogP contribution in [-0.2, 0) is 12.6 Å². The molecule has 0 aliphatic rings. The number of aliphatic hydroxyl groups is 1. The molecule has 1 heterocycles. The molecule has 0 aliphatic heterocycles. The molecule has 32 heavy (non-hydrogen) atoms. The molecule has 0 radical (unpaired) electrons. The largest absolute Gasteiger partial charge is 0.491 e. The molecule has 3 rings (SSSR count). The first kappa shape index (κ1) is 25.7. The van der Waals surface area contributed by atoms with Gasteiger partial charge < -0.3 is 20.5 Å². The average molecular weight is 549 g/mol. The van der Waals surface area contributed by atoms with Gasteiger partial charge in [-0.15, -0.1) is 24.0 Å². The number of para-hydroxylation sites is 1. The standard InChI is InChI=1S/C24H31N5O2.HI/c1-4-25-23(27-18-24(2,30)20-16-28-29(3)17-20)26-14-15-31-22-13-9-8-12-21(22)19-10-6-5-7-11-19;/h5-13,16-17,30H,4,14-15,18H2,1-3H3,(H2,25,26,27);1H. The highest BCUT2D eigenvalue weighted by Crippen LogP contribution is 2.29. The molecule has 0 fully saturated rings. The molecule has 0 bridgehead atoms. The molecule has 7 nitrogen and oxygen atoms in total. The summed E-state index contributed by atoms with van der Waals surface area (Å²) in [5, 5.41) is 21.3. The number of nitrogens with one attached hydrogen (secondary N) is 2. The van der Waals surface area contributed by atoms with Crippen molar-refractivity contribution in [1.82, 2.24) is 20.4 Å². The van der Waals surface area contributed by atoms with E-state index < -0.39 is 5.60 Å². The van der Waals surface area contributed by atoms with Crippen molar-refractivity contribution < 1.29 is 9.84 Å². The van der Waals surface area contributed by atoms with Gasteiger partial charge in [-0.2, -0.15) is 5.10 Å². The predicted octanol–water partition coefficient (Wildman–Crippen LogP) is 3.55. The summed E-state index contributed by atoms with van der Waals surface area (Å²) < 4.78 is 7.70. The van der Waals surface area contributed by atoms with Crippen molar-refractivity contribution in [3.8, 4) is 16.9 Å². The zero-order valence-corrected chi connectivity index (χ0v) is 21.1. The second kappa shape index (κ2) is 12.4.